The van der Waals surface area contributed by atoms with Crippen molar-refractivity contribution in [1.82, 2.24) is 5.32 Å². The Hall–Kier alpha value is -2.04. The van der Waals surface area contributed by atoms with Gasteiger partial charge in [0.25, 0.3) is 0 Å². The molecule has 0 radical (unpaired) electrons. The summed E-state index contributed by atoms with van der Waals surface area (Å²) in [5.41, 5.74) is 3.43. The van der Waals surface area contributed by atoms with E-state index in [0.717, 1.165) is 69.5 Å². The predicted octanol–water partition coefficient (Wildman–Crippen LogP) is 5.10. The molecule has 0 unspecified atom stereocenters. The zero-order valence-electron chi connectivity index (χ0n) is 19.3. The Balaban J connectivity index is 1.31. The van der Waals surface area contributed by atoms with Crippen LogP contribution < -0.4 is 14.8 Å². The molecule has 0 aromatic heterocycles. The average molecular weight is 426 g/mol. The lowest BCUT2D eigenvalue weighted by Crippen LogP contribution is -2.28. The van der Waals surface area contributed by atoms with Gasteiger partial charge in [-0.3, -0.25) is 0 Å². The van der Waals surface area contributed by atoms with Crippen molar-refractivity contribution < 1.29 is 14.6 Å². The maximum Gasteiger partial charge on any atom is 0.161 e. The highest BCUT2D eigenvalue weighted by Gasteiger charge is 2.29. The molecule has 31 heavy (non-hydrogen) atoms. The molecule has 0 saturated heterocycles. The normalized spacial score (nSPS) is 15.2. The second-order valence-electron chi connectivity index (χ2n) is 8.85. The van der Waals surface area contributed by atoms with Crippen molar-refractivity contribution in [2.75, 3.05) is 27.3 Å². The highest BCUT2D eigenvalue weighted by molar-refractivity contribution is 5.48. The largest absolute Gasteiger partial charge is 0.493 e. The van der Waals surface area contributed by atoms with E-state index in [2.05, 4.69) is 47.8 Å². The molecule has 0 bridgehead atoms. The van der Waals surface area contributed by atoms with Crippen LogP contribution in [0.1, 0.15) is 61.6 Å². The average Bonchev–Trinajstić information content (AvgIpc) is 2.96. The number of aryl methyl sites for hydroxylation is 3. The predicted molar refractivity (Wildman–Crippen MR) is 127 cm³/mol. The summed E-state index contributed by atoms with van der Waals surface area (Å²) in [6, 6.07) is 14.9. The van der Waals surface area contributed by atoms with Crippen molar-refractivity contribution in [3.05, 3.63) is 59.2 Å². The Morgan fingerprint density at radius 1 is 0.839 bits per heavy atom. The van der Waals surface area contributed by atoms with Gasteiger partial charge < -0.3 is 19.9 Å². The molecule has 170 valence electrons. The summed E-state index contributed by atoms with van der Waals surface area (Å²) in [6.07, 6.45) is 10.1. The first kappa shape index (κ1) is 23.6. The molecule has 2 N–H and O–H groups in total. The number of benzene rings is 2. The van der Waals surface area contributed by atoms with Crippen molar-refractivity contribution in [3.8, 4) is 11.5 Å². The molecule has 0 fully saturated rings. The molecular formula is C27H39NO3. The standard InChI is InChI=1S/C27H39NO3/c1-30-25-20-23-13-16-27(29,17-14-24(23)21-26(25)31-2)15-7-4-8-18-28-19-9-12-22-10-5-3-6-11-22/h3,5-6,10-11,20-21,28-29H,4,7-9,12-19H2,1-2H3. The van der Waals surface area contributed by atoms with Crippen LogP contribution in [0.5, 0.6) is 11.5 Å². The maximum atomic E-state index is 11.2. The molecule has 0 heterocycles. The Morgan fingerprint density at radius 3 is 2.06 bits per heavy atom. The number of methoxy groups -OCH3 is 2. The van der Waals surface area contributed by atoms with E-state index in [9.17, 15) is 5.11 Å². The monoisotopic (exact) mass is 425 g/mol. The SMILES string of the molecule is COc1cc2c(cc1OC)CCC(O)(CCCCCNCCCc1ccccc1)CC2. The summed E-state index contributed by atoms with van der Waals surface area (Å²) in [5.74, 6) is 1.56. The summed E-state index contributed by atoms with van der Waals surface area (Å²) in [5, 5.41) is 14.7. The van der Waals surface area contributed by atoms with E-state index in [1.807, 2.05) is 0 Å². The molecule has 3 rings (SSSR count). The van der Waals surface area contributed by atoms with E-state index in [4.69, 9.17) is 9.47 Å². The van der Waals surface area contributed by atoms with E-state index in [1.165, 1.54) is 36.0 Å². The molecule has 2 aromatic rings. The summed E-state index contributed by atoms with van der Waals surface area (Å²) < 4.78 is 10.9. The lowest BCUT2D eigenvalue weighted by atomic mass is 9.88. The maximum absolute atomic E-state index is 11.2. The van der Waals surface area contributed by atoms with Gasteiger partial charge in [0.2, 0.25) is 0 Å². The van der Waals surface area contributed by atoms with Gasteiger partial charge in [0.1, 0.15) is 0 Å². The van der Waals surface area contributed by atoms with Gasteiger partial charge in [-0.15, -0.1) is 0 Å². The van der Waals surface area contributed by atoms with E-state index in [0.29, 0.717) is 0 Å². The molecule has 0 atom stereocenters. The highest BCUT2D eigenvalue weighted by atomic mass is 16.5. The van der Waals surface area contributed by atoms with Crippen molar-refractivity contribution in [1.29, 1.82) is 0 Å². The third-order valence-electron chi connectivity index (χ3n) is 6.58. The molecule has 0 saturated carbocycles. The fourth-order valence-corrected chi connectivity index (χ4v) is 4.61. The van der Waals surface area contributed by atoms with Gasteiger partial charge in [-0.2, -0.15) is 0 Å². The second kappa shape index (κ2) is 12.1. The molecule has 1 aliphatic carbocycles. The van der Waals surface area contributed by atoms with Crippen LogP contribution in [0.4, 0.5) is 0 Å². The highest BCUT2D eigenvalue weighted by Crippen LogP contribution is 2.37. The number of ether oxygens (including phenoxy) is 2. The third kappa shape index (κ3) is 7.26. The van der Waals surface area contributed by atoms with E-state index in [-0.39, 0.29) is 0 Å². The van der Waals surface area contributed by atoms with Crippen LogP contribution in [0.15, 0.2) is 42.5 Å². The first-order chi connectivity index (χ1) is 15.1. The number of unbranched alkanes of at least 4 members (excludes halogenated alkanes) is 2. The van der Waals surface area contributed by atoms with Crippen LogP contribution in [0.2, 0.25) is 0 Å². The van der Waals surface area contributed by atoms with Crippen LogP contribution in [0.25, 0.3) is 0 Å². The van der Waals surface area contributed by atoms with E-state index < -0.39 is 5.60 Å². The van der Waals surface area contributed by atoms with Gasteiger partial charge >= 0.3 is 0 Å². The number of hydrogen-bond acceptors (Lipinski definition) is 4. The first-order valence-corrected chi connectivity index (χ1v) is 11.8. The minimum atomic E-state index is -0.553. The van der Waals surface area contributed by atoms with Crippen LogP contribution >= 0.6 is 0 Å². The molecule has 0 amide bonds. The third-order valence-corrected chi connectivity index (χ3v) is 6.58. The van der Waals surface area contributed by atoms with Gasteiger partial charge in [0.15, 0.2) is 11.5 Å². The van der Waals surface area contributed by atoms with Crippen molar-refractivity contribution >= 4 is 0 Å². The summed E-state index contributed by atoms with van der Waals surface area (Å²) in [4.78, 5) is 0. The topological polar surface area (TPSA) is 50.7 Å². The van der Waals surface area contributed by atoms with Crippen LogP contribution in [0, 0.1) is 0 Å². The van der Waals surface area contributed by atoms with Gasteiger partial charge in [0, 0.05) is 0 Å². The van der Waals surface area contributed by atoms with Crippen LogP contribution in [-0.4, -0.2) is 38.0 Å². The Kier molecular flexibility index (Phi) is 9.23. The van der Waals surface area contributed by atoms with Gasteiger partial charge in [0.05, 0.1) is 19.8 Å². The zero-order valence-corrected chi connectivity index (χ0v) is 19.3. The lowest BCUT2D eigenvalue weighted by Gasteiger charge is -2.26. The van der Waals surface area contributed by atoms with Crippen molar-refractivity contribution in [2.24, 2.45) is 0 Å². The molecule has 4 nitrogen and oxygen atoms in total. The van der Waals surface area contributed by atoms with Gasteiger partial charge in [-0.25, -0.2) is 0 Å². The Bertz CT molecular complexity index is 756. The molecule has 1 aliphatic rings. The smallest absolute Gasteiger partial charge is 0.161 e. The van der Waals surface area contributed by atoms with E-state index in [1.54, 1.807) is 14.2 Å². The minimum Gasteiger partial charge on any atom is -0.493 e. The van der Waals surface area contributed by atoms with Crippen LogP contribution in [0.3, 0.4) is 0 Å². The Morgan fingerprint density at radius 2 is 1.45 bits per heavy atom. The summed E-state index contributed by atoms with van der Waals surface area (Å²) in [6.45, 7) is 2.14. The lowest BCUT2D eigenvalue weighted by molar-refractivity contribution is 0.0148. The second-order valence-corrected chi connectivity index (χ2v) is 8.85. The van der Waals surface area contributed by atoms with Crippen molar-refractivity contribution in [2.45, 2.75) is 69.8 Å². The first-order valence-electron chi connectivity index (χ1n) is 11.8. The molecular weight excluding hydrogens is 386 g/mol. The number of aliphatic hydroxyl groups is 1. The van der Waals surface area contributed by atoms with Crippen molar-refractivity contribution in [3.63, 3.8) is 0 Å². The Labute approximate surface area is 188 Å². The summed E-state index contributed by atoms with van der Waals surface area (Å²) in [7, 11) is 3.35. The number of fused-ring (bicyclic) bond motifs is 1. The van der Waals surface area contributed by atoms with Gasteiger partial charge in [-0.05, 0) is 93.3 Å². The van der Waals surface area contributed by atoms with Crippen LogP contribution in [-0.2, 0) is 19.3 Å². The molecule has 0 spiro atoms. The number of nitrogens with one attached hydrogen (secondary N) is 1. The minimum absolute atomic E-state index is 0.553. The zero-order chi connectivity index (χ0) is 21.9. The van der Waals surface area contributed by atoms with Gasteiger partial charge in [-0.1, -0.05) is 43.2 Å². The molecule has 2 aromatic carbocycles. The number of rotatable bonds is 12. The molecule has 0 aliphatic heterocycles. The fourth-order valence-electron chi connectivity index (χ4n) is 4.61. The number of hydrogen-bond donors (Lipinski definition) is 2. The summed E-state index contributed by atoms with van der Waals surface area (Å²) >= 11 is 0. The fraction of sp³-hybridized carbons (Fsp3) is 0.556. The quantitative estimate of drug-likeness (QED) is 0.367. The molecule has 4 heteroatoms. The van der Waals surface area contributed by atoms with E-state index >= 15 is 0 Å².